The zero-order chi connectivity index (χ0) is 15.4. The van der Waals surface area contributed by atoms with Gasteiger partial charge in [-0.15, -0.1) is 0 Å². The van der Waals surface area contributed by atoms with Crippen molar-refractivity contribution in [2.24, 2.45) is 5.92 Å². The third-order valence-electron chi connectivity index (χ3n) is 3.96. The molecule has 5 heteroatoms. The van der Waals surface area contributed by atoms with Gasteiger partial charge in [0.05, 0.1) is 20.1 Å². The molecule has 0 aliphatic carbocycles. The first-order valence-electron chi connectivity index (χ1n) is 7.08. The molecule has 5 nitrogen and oxygen atoms in total. The van der Waals surface area contributed by atoms with Gasteiger partial charge in [-0.25, -0.2) is 0 Å². The summed E-state index contributed by atoms with van der Waals surface area (Å²) in [6, 6.07) is 5.43. The molecule has 0 atom stereocenters. The van der Waals surface area contributed by atoms with Crippen LogP contribution in [-0.4, -0.2) is 44.1 Å². The molecule has 1 aliphatic rings. The van der Waals surface area contributed by atoms with Crippen LogP contribution in [0.15, 0.2) is 18.2 Å². The van der Waals surface area contributed by atoms with E-state index in [0.717, 1.165) is 11.3 Å². The lowest BCUT2D eigenvalue weighted by molar-refractivity contribution is -0.146. The van der Waals surface area contributed by atoms with Crippen molar-refractivity contribution in [1.29, 1.82) is 0 Å². The lowest BCUT2D eigenvalue weighted by atomic mass is 9.96. The maximum absolute atomic E-state index is 12.5. The second-order valence-corrected chi connectivity index (χ2v) is 5.27. The normalized spacial score (nSPS) is 15.7. The summed E-state index contributed by atoms with van der Waals surface area (Å²) in [5, 5.41) is 0. The van der Waals surface area contributed by atoms with Gasteiger partial charge in [-0.2, -0.15) is 0 Å². The smallest absolute Gasteiger partial charge is 0.308 e. The predicted molar refractivity (Wildman–Crippen MR) is 78.4 cm³/mol. The number of aryl methyl sites for hydroxylation is 1. The Bertz CT molecular complexity index is 533. The first kappa shape index (κ1) is 15.4. The molecule has 0 radical (unpaired) electrons. The zero-order valence-electron chi connectivity index (χ0n) is 12.7. The van der Waals surface area contributed by atoms with E-state index < -0.39 is 0 Å². The van der Waals surface area contributed by atoms with Crippen LogP contribution in [0.3, 0.4) is 0 Å². The summed E-state index contributed by atoms with van der Waals surface area (Å²) in [4.78, 5) is 25.7. The summed E-state index contributed by atoms with van der Waals surface area (Å²) in [5.41, 5.74) is 1.60. The van der Waals surface area contributed by atoms with E-state index in [1.165, 1.54) is 7.11 Å². The number of likely N-dealkylation sites (tertiary alicyclic amines) is 1. The van der Waals surface area contributed by atoms with Crippen LogP contribution in [0.5, 0.6) is 5.75 Å². The van der Waals surface area contributed by atoms with Crippen molar-refractivity contribution in [3.05, 3.63) is 29.3 Å². The number of carbonyl (C=O) groups is 2. The van der Waals surface area contributed by atoms with Gasteiger partial charge in [-0.05, 0) is 43.5 Å². The van der Waals surface area contributed by atoms with Gasteiger partial charge in [0.15, 0.2) is 0 Å². The molecule has 114 valence electrons. The lowest BCUT2D eigenvalue weighted by Crippen LogP contribution is -2.40. The van der Waals surface area contributed by atoms with E-state index in [2.05, 4.69) is 0 Å². The monoisotopic (exact) mass is 291 g/mol. The molecule has 1 aliphatic heterocycles. The molecule has 2 rings (SSSR count). The van der Waals surface area contributed by atoms with Gasteiger partial charge in [0.25, 0.3) is 5.91 Å². The standard InChI is InChI=1S/C16H21NO4/c1-11-10-13(4-5-14(11)20-2)15(18)17-8-6-12(7-9-17)16(19)21-3/h4-5,10,12H,6-9H2,1-3H3. The Morgan fingerprint density at radius 1 is 1.19 bits per heavy atom. The first-order valence-corrected chi connectivity index (χ1v) is 7.08. The summed E-state index contributed by atoms with van der Waals surface area (Å²) >= 11 is 0. The molecule has 1 aromatic rings. The third kappa shape index (κ3) is 3.35. The van der Waals surface area contributed by atoms with Crippen molar-refractivity contribution in [2.45, 2.75) is 19.8 Å². The number of benzene rings is 1. The molecular weight excluding hydrogens is 270 g/mol. The Kier molecular flexibility index (Phi) is 4.83. The molecule has 0 N–H and O–H groups in total. The summed E-state index contributed by atoms with van der Waals surface area (Å²) < 4.78 is 9.96. The fourth-order valence-corrected chi connectivity index (χ4v) is 2.68. The molecule has 1 saturated heterocycles. The predicted octanol–water partition coefficient (Wildman–Crippen LogP) is 2.03. The number of rotatable bonds is 3. The maximum atomic E-state index is 12.5. The van der Waals surface area contributed by atoms with Gasteiger partial charge in [-0.1, -0.05) is 0 Å². The minimum absolute atomic E-state index is 0.00377. The molecule has 1 amide bonds. The molecule has 0 aromatic heterocycles. The number of methoxy groups -OCH3 is 2. The first-order chi connectivity index (χ1) is 10.1. The molecule has 0 bridgehead atoms. The average Bonchev–Trinajstić information content (AvgIpc) is 2.53. The van der Waals surface area contributed by atoms with Crippen LogP contribution < -0.4 is 4.74 Å². The second-order valence-electron chi connectivity index (χ2n) is 5.27. The van der Waals surface area contributed by atoms with E-state index in [1.807, 2.05) is 19.1 Å². The molecule has 0 saturated carbocycles. The van der Waals surface area contributed by atoms with Crippen LogP contribution in [0.2, 0.25) is 0 Å². The van der Waals surface area contributed by atoms with Gasteiger partial charge in [0.1, 0.15) is 5.75 Å². The Morgan fingerprint density at radius 2 is 1.86 bits per heavy atom. The topological polar surface area (TPSA) is 55.8 Å². The van der Waals surface area contributed by atoms with E-state index in [-0.39, 0.29) is 17.8 Å². The molecular formula is C16H21NO4. The van der Waals surface area contributed by atoms with Crippen LogP contribution in [0.4, 0.5) is 0 Å². The van der Waals surface area contributed by atoms with E-state index in [4.69, 9.17) is 9.47 Å². The van der Waals surface area contributed by atoms with Gasteiger partial charge < -0.3 is 14.4 Å². The van der Waals surface area contributed by atoms with Crippen molar-refractivity contribution >= 4 is 11.9 Å². The van der Waals surface area contributed by atoms with Crippen molar-refractivity contribution in [1.82, 2.24) is 4.90 Å². The number of ether oxygens (including phenoxy) is 2. The highest BCUT2D eigenvalue weighted by atomic mass is 16.5. The molecule has 0 spiro atoms. The van der Waals surface area contributed by atoms with Crippen LogP contribution in [0.1, 0.15) is 28.8 Å². The lowest BCUT2D eigenvalue weighted by Gasteiger charge is -2.30. The highest BCUT2D eigenvalue weighted by molar-refractivity contribution is 5.94. The number of nitrogens with zero attached hydrogens (tertiary/aromatic N) is 1. The number of hydrogen-bond donors (Lipinski definition) is 0. The Balaban J connectivity index is 2.02. The van der Waals surface area contributed by atoms with E-state index in [0.29, 0.717) is 31.5 Å². The molecule has 1 aromatic carbocycles. The van der Waals surface area contributed by atoms with Crippen LogP contribution in [0, 0.1) is 12.8 Å². The van der Waals surface area contributed by atoms with E-state index >= 15 is 0 Å². The van der Waals surface area contributed by atoms with Crippen molar-refractivity contribution in [3.8, 4) is 5.75 Å². The number of esters is 1. The highest BCUT2D eigenvalue weighted by Crippen LogP contribution is 2.23. The minimum Gasteiger partial charge on any atom is -0.496 e. The number of hydrogen-bond acceptors (Lipinski definition) is 4. The van der Waals surface area contributed by atoms with E-state index in [1.54, 1.807) is 18.1 Å². The Morgan fingerprint density at radius 3 is 2.38 bits per heavy atom. The van der Waals surface area contributed by atoms with Crippen LogP contribution in [0.25, 0.3) is 0 Å². The molecule has 21 heavy (non-hydrogen) atoms. The SMILES string of the molecule is COC(=O)C1CCN(C(=O)c2ccc(OC)c(C)c2)CC1. The highest BCUT2D eigenvalue weighted by Gasteiger charge is 2.28. The van der Waals surface area contributed by atoms with E-state index in [9.17, 15) is 9.59 Å². The molecule has 1 fully saturated rings. The van der Waals surface area contributed by atoms with Crippen LogP contribution >= 0.6 is 0 Å². The van der Waals surface area contributed by atoms with Gasteiger partial charge >= 0.3 is 5.97 Å². The van der Waals surface area contributed by atoms with Crippen molar-refractivity contribution in [2.75, 3.05) is 27.3 Å². The van der Waals surface area contributed by atoms with Gasteiger partial charge in [0, 0.05) is 18.7 Å². The summed E-state index contributed by atoms with van der Waals surface area (Å²) in [7, 11) is 3.02. The molecule has 0 unspecified atom stereocenters. The summed E-state index contributed by atoms with van der Waals surface area (Å²) in [5.74, 6) is 0.513. The number of piperidine rings is 1. The van der Waals surface area contributed by atoms with Crippen molar-refractivity contribution in [3.63, 3.8) is 0 Å². The zero-order valence-corrected chi connectivity index (χ0v) is 12.7. The number of amides is 1. The summed E-state index contributed by atoms with van der Waals surface area (Å²) in [6.07, 6.45) is 1.32. The maximum Gasteiger partial charge on any atom is 0.308 e. The quantitative estimate of drug-likeness (QED) is 0.800. The van der Waals surface area contributed by atoms with Gasteiger partial charge in [0.2, 0.25) is 0 Å². The number of carbonyl (C=O) groups excluding carboxylic acids is 2. The largest absolute Gasteiger partial charge is 0.496 e. The average molecular weight is 291 g/mol. The Labute approximate surface area is 124 Å². The third-order valence-corrected chi connectivity index (χ3v) is 3.96. The van der Waals surface area contributed by atoms with Crippen LogP contribution in [-0.2, 0) is 9.53 Å². The van der Waals surface area contributed by atoms with Crippen molar-refractivity contribution < 1.29 is 19.1 Å². The minimum atomic E-state index is -0.178. The summed E-state index contributed by atoms with van der Waals surface area (Å²) in [6.45, 7) is 3.09. The Hall–Kier alpha value is -2.04. The fourth-order valence-electron chi connectivity index (χ4n) is 2.68. The molecule has 1 heterocycles. The fraction of sp³-hybridized carbons (Fsp3) is 0.500. The van der Waals surface area contributed by atoms with Gasteiger partial charge in [-0.3, -0.25) is 9.59 Å². The second kappa shape index (κ2) is 6.61.